The van der Waals surface area contributed by atoms with E-state index in [0.29, 0.717) is 25.6 Å². The predicted molar refractivity (Wildman–Crippen MR) is 75.6 cm³/mol. The molecule has 0 saturated carbocycles. The molecule has 3 heterocycles. The van der Waals surface area contributed by atoms with Gasteiger partial charge in [-0.2, -0.15) is 5.10 Å². The van der Waals surface area contributed by atoms with Gasteiger partial charge in [-0.3, -0.25) is 9.48 Å². The molecular weight excluding hydrogens is 310 g/mol. The van der Waals surface area contributed by atoms with E-state index in [1.165, 1.54) is 18.2 Å². The van der Waals surface area contributed by atoms with E-state index >= 15 is 0 Å². The second-order valence-corrected chi connectivity index (χ2v) is 4.81. The molecule has 1 N–H and O–H groups in total. The van der Waals surface area contributed by atoms with Crippen LogP contribution < -0.4 is 10.1 Å². The first-order valence-electron chi connectivity index (χ1n) is 6.95. The minimum atomic E-state index is -2.60. The Labute approximate surface area is 130 Å². The van der Waals surface area contributed by atoms with E-state index < -0.39 is 18.9 Å². The van der Waals surface area contributed by atoms with Crippen LogP contribution in [-0.2, 0) is 17.9 Å². The van der Waals surface area contributed by atoms with E-state index in [-0.39, 0.29) is 11.6 Å². The maximum absolute atomic E-state index is 12.2. The summed E-state index contributed by atoms with van der Waals surface area (Å²) in [5.74, 6) is -0.143. The van der Waals surface area contributed by atoms with Gasteiger partial charge in [-0.1, -0.05) is 6.07 Å². The van der Waals surface area contributed by atoms with E-state index in [1.54, 1.807) is 10.7 Å². The van der Waals surface area contributed by atoms with Crippen LogP contribution in [0, 0.1) is 0 Å². The molecule has 2 aromatic heterocycles. The summed E-state index contributed by atoms with van der Waals surface area (Å²) in [7, 11) is 0. The van der Waals surface area contributed by atoms with E-state index in [1.807, 2.05) is 0 Å². The van der Waals surface area contributed by atoms with Crippen LogP contribution in [0.4, 0.5) is 14.6 Å². The molecule has 122 valence electrons. The molecule has 0 aliphatic carbocycles. The molecule has 1 aliphatic rings. The number of rotatable bonds is 5. The molecule has 2 aromatic rings. The Bertz CT molecular complexity index is 682. The summed E-state index contributed by atoms with van der Waals surface area (Å²) >= 11 is 0. The Kier molecular flexibility index (Phi) is 4.47. The number of nitrogens with one attached hydrogen (secondary N) is 1. The lowest BCUT2D eigenvalue weighted by molar-refractivity contribution is 0.0794. The first-order chi connectivity index (χ1) is 11.1. The highest BCUT2D eigenvalue weighted by Gasteiger charge is 2.16. The van der Waals surface area contributed by atoms with Crippen molar-refractivity contribution < 1.29 is 23.0 Å². The lowest BCUT2D eigenvalue weighted by Gasteiger charge is -2.12. The lowest BCUT2D eigenvalue weighted by Crippen LogP contribution is -2.17. The summed E-state index contributed by atoms with van der Waals surface area (Å²) in [5.41, 5.74) is 0.924. The summed E-state index contributed by atoms with van der Waals surface area (Å²) in [4.78, 5) is 16.1. The Morgan fingerprint density at radius 1 is 1.48 bits per heavy atom. The predicted octanol–water partition coefficient (Wildman–Crippen LogP) is 1.70. The number of halogens is 2. The van der Waals surface area contributed by atoms with Gasteiger partial charge in [-0.25, -0.2) is 13.8 Å². The molecule has 3 rings (SSSR count). The molecule has 0 aromatic carbocycles. The third-order valence-electron chi connectivity index (χ3n) is 3.12. The van der Waals surface area contributed by atoms with Crippen molar-refractivity contribution in [3.63, 3.8) is 0 Å². The molecule has 0 fully saturated rings. The molecule has 7 nitrogen and oxygen atoms in total. The van der Waals surface area contributed by atoms with Crippen molar-refractivity contribution in [2.75, 3.05) is 18.5 Å². The van der Waals surface area contributed by atoms with Crippen molar-refractivity contribution in [2.24, 2.45) is 0 Å². The van der Waals surface area contributed by atoms with Gasteiger partial charge in [-0.05, 0) is 6.07 Å². The van der Waals surface area contributed by atoms with Gasteiger partial charge < -0.3 is 14.8 Å². The summed E-state index contributed by atoms with van der Waals surface area (Å²) in [5, 5.41) is 6.86. The van der Waals surface area contributed by atoms with Gasteiger partial charge in [0.1, 0.15) is 5.69 Å². The largest absolute Gasteiger partial charge is 0.472 e. The maximum atomic E-state index is 12.2. The molecule has 23 heavy (non-hydrogen) atoms. The van der Waals surface area contributed by atoms with E-state index in [9.17, 15) is 13.6 Å². The molecule has 0 saturated heterocycles. The van der Waals surface area contributed by atoms with Gasteiger partial charge in [0, 0.05) is 12.1 Å². The molecule has 0 atom stereocenters. The third-order valence-corrected chi connectivity index (χ3v) is 3.12. The normalized spacial score (nSPS) is 13.7. The fraction of sp³-hybridized carbons (Fsp3) is 0.357. The van der Waals surface area contributed by atoms with E-state index in [0.717, 1.165) is 5.69 Å². The number of alkyl halides is 2. The molecule has 0 unspecified atom stereocenters. The zero-order valence-electron chi connectivity index (χ0n) is 12.0. The van der Waals surface area contributed by atoms with Gasteiger partial charge in [0.25, 0.3) is 12.3 Å². The fourth-order valence-electron chi connectivity index (χ4n) is 2.10. The molecule has 0 bridgehead atoms. The van der Waals surface area contributed by atoms with Crippen molar-refractivity contribution >= 4 is 11.7 Å². The van der Waals surface area contributed by atoms with Gasteiger partial charge in [-0.15, -0.1) is 0 Å². The van der Waals surface area contributed by atoms with E-state index in [2.05, 4.69) is 15.4 Å². The zero-order valence-corrected chi connectivity index (χ0v) is 12.0. The SMILES string of the molecule is O=C(Nc1cc2n(n1)CCOC2)c1cccc(OCC(F)F)n1. The summed E-state index contributed by atoms with van der Waals surface area (Å²) in [6.07, 6.45) is -2.60. The van der Waals surface area contributed by atoms with Crippen molar-refractivity contribution in [1.29, 1.82) is 0 Å². The van der Waals surface area contributed by atoms with Crippen LogP contribution in [0.1, 0.15) is 16.2 Å². The van der Waals surface area contributed by atoms with Crippen LogP contribution in [0.15, 0.2) is 24.3 Å². The van der Waals surface area contributed by atoms with Crippen LogP contribution in [0.5, 0.6) is 5.88 Å². The standard InChI is InChI=1S/C14H14F2N4O3/c15-11(16)8-23-13-3-1-2-10(17-13)14(21)18-12-6-9-7-22-5-4-20(9)19-12/h1-3,6,11H,4-5,7-8H2,(H,18,19,21). The van der Waals surface area contributed by atoms with Gasteiger partial charge in [0.15, 0.2) is 12.4 Å². The van der Waals surface area contributed by atoms with Crippen molar-refractivity contribution in [2.45, 2.75) is 19.6 Å². The number of pyridine rings is 1. The molecule has 1 amide bonds. The Morgan fingerprint density at radius 2 is 2.35 bits per heavy atom. The summed E-state index contributed by atoms with van der Waals surface area (Å²) in [6, 6.07) is 6.10. The number of fused-ring (bicyclic) bond motifs is 1. The fourth-order valence-corrected chi connectivity index (χ4v) is 2.10. The van der Waals surface area contributed by atoms with Crippen LogP contribution >= 0.6 is 0 Å². The van der Waals surface area contributed by atoms with Gasteiger partial charge in [0.2, 0.25) is 5.88 Å². The summed E-state index contributed by atoms with van der Waals surface area (Å²) < 4.78 is 36.1. The Hall–Kier alpha value is -2.55. The van der Waals surface area contributed by atoms with Crippen molar-refractivity contribution in [3.05, 3.63) is 35.7 Å². The van der Waals surface area contributed by atoms with Gasteiger partial charge in [0.05, 0.1) is 25.5 Å². The number of carbonyl (C=O) groups is 1. The lowest BCUT2D eigenvalue weighted by atomic mass is 10.3. The zero-order chi connectivity index (χ0) is 16.2. The van der Waals surface area contributed by atoms with E-state index in [4.69, 9.17) is 9.47 Å². The van der Waals surface area contributed by atoms with Crippen LogP contribution in [-0.4, -0.2) is 40.3 Å². The average Bonchev–Trinajstić information content (AvgIpc) is 2.95. The first kappa shape index (κ1) is 15.3. The van der Waals surface area contributed by atoms with Crippen LogP contribution in [0.25, 0.3) is 0 Å². The number of ether oxygens (including phenoxy) is 2. The Morgan fingerprint density at radius 3 is 3.13 bits per heavy atom. The topological polar surface area (TPSA) is 78.3 Å². The number of carbonyl (C=O) groups excluding carboxylic acids is 1. The average molecular weight is 324 g/mol. The van der Waals surface area contributed by atoms with Crippen molar-refractivity contribution in [1.82, 2.24) is 14.8 Å². The van der Waals surface area contributed by atoms with Crippen molar-refractivity contribution in [3.8, 4) is 5.88 Å². The Balaban J connectivity index is 1.68. The number of hydrogen-bond donors (Lipinski definition) is 1. The second kappa shape index (κ2) is 6.69. The molecular formula is C14H14F2N4O3. The first-order valence-corrected chi connectivity index (χ1v) is 6.95. The van der Waals surface area contributed by atoms with Crippen LogP contribution in [0.2, 0.25) is 0 Å². The molecule has 0 spiro atoms. The smallest absolute Gasteiger partial charge is 0.275 e. The molecule has 1 aliphatic heterocycles. The number of anilines is 1. The minimum absolute atomic E-state index is 0.0320. The second-order valence-electron chi connectivity index (χ2n) is 4.81. The summed E-state index contributed by atoms with van der Waals surface area (Å²) in [6.45, 7) is 0.872. The van der Waals surface area contributed by atoms with Crippen LogP contribution in [0.3, 0.4) is 0 Å². The highest BCUT2D eigenvalue weighted by atomic mass is 19.3. The number of amides is 1. The third kappa shape index (κ3) is 3.81. The highest BCUT2D eigenvalue weighted by molar-refractivity contribution is 6.02. The number of aromatic nitrogens is 3. The number of hydrogen-bond acceptors (Lipinski definition) is 5. The number of nitrogens with zero attached hydrogens (tertiary/aromatic N) is 3. The van der Waals surface area contributed by atoms with Gasteiger partial charge >= 0.3 is 0 Å². The monoisotopic (exact) mass is 324 g/mol. The molecule has 9 heteroatoms. The minimum Gasteiger partial charge on any atom is -0.472 e. The maximum Gasteiger partial charge on any atom is 0.275 e. The molecule has 0 radical (unpaired) electrons. The quantitative estimate of drug-likeness (QED) is 0.906. The highest BCUT2D eigenvalue weighted by Crippen LogP contribution is 2.15.